The number of nitrogens with two attached hydrogens (primary N) is 1. The van der Waals surface area contributed by atoms with E-state index >= 15 is 0 Å². The van der Waals surface area contributed by atoms with Crippen LogP contribution in [0.5, 0.6) is 0 Å². The van der Waals surface area contributed by atoms with E-state index in [2.05, 4.69) is 5.32 Å². The third kappa shape index (κ3) is 3.03. The van der Waals surface area contributed by atoms with E-state index in [0.717, 1.165) is 0 Å². The Balaban J connectivity index is 2.77. The van der Waals surface area contributed by atoms with E-state index < -0.39 is 24.0 Å². The molecule has 0 aliphatic rings. The van der Waals surface area contributed by atoms with Crippen molar-refractivity contribution in [1.82, 2.24) is 5.32 Å². The minimum Gasteiger partial charge on any atom is -0.479 e. The van der Waals surface area contributed by atoms with Gasteiger partial charge < -0.3 is 16.2 Å². The highest BCUT2D eigenvalue weighted by atomic mass is 32.1. The summed E-state index contributed by atoms with van der Waals surface area (Å²) < 4.78 is 0. The Morgan fingerprint density at radius 1 is 1.60 bits per heavy atom. The third-order valence-corrected chi connectivity index (χ3v) is 2.71. The molecule has 2 atom stereocenters. The molecule has 1 rings (SSSR count). The average molecular weight is 228 g/mol. The molecular weight excluding hydrogens is 216 g/mol. The quantitative estimate of drug-likeness (QED) is 0.692. The van der Waals surface area contributed by atoms with Crippen LogP contribution in [0, 0.1) is 0 Å². The fourth-order valence-electron chi connectivity index (χ4n) is 0.984. The lowest BCUT2D eigenvalue weighted by Crippen LogP contribution is -2.42. The predicted molar refractivity (Wildman–Crippen MR) is 56.5 cm³/mol. The lowest BCUT2D eigenvalue weighted by Gasteiger charge is -2.14. The van der Waals surface area contributed by atoms with Gasteiger partial charge in [-0.3, -0.25) is 4.79 Å². The Bertz CT molecular complexity index is 348. The van der Waals surface area contributed by atoms with Crippen LogP contribution in [0.25, 0.3) is 0 Å². The summed E-state index contributed by atoms with van der Waals surface area (Å²) in [6.45, 7) is 1.50. The van der Waals surface area contributed by atoms with Gasteiger partial charge in [0.15, 0.2) is 6.04 Å². The maximum absolute atomic E-state index is 11.3. The Morgan fingerprint density at radius 3 is 2.67 bits per heavy atom. The van der Waals surface area contributed by atoms with Gasteiger partial charge in [0.2, 0.25) is 5.91 Å². The first kappa shape index (κ1) is 11.7. The smallest absolute Gasteiger partial charge is 0.331 e. The fraction of sp³-hybridized carbons (Fsp3) is 0.333. The highest BCUT2D eigenvalue weighted by Gasteiger charge is 2.23. The molecule has 1 unspecified atom stereocenters. The summed E-state index contributed by atoms with van der Waals surface area (Å²) in [6.07, 6.45) is 0. The van der Waals surface area contributed by atoms with E-state index in [-0.39, 0.29) is 0 Å². The highest BCUT2D eigenvalue weighted by molar-refractivity contribution is 7.10. The number of thiophene rings is 1. The molecule has 0 saturated heterocycles. The zero-order valence-electron chi connectivity index (χ0n) is 8.14. The van der Waals surface area contributed by atoms with Gasteiger partial charge in [-0.25, -0.2) is 4.79 Å². The van der Waals surface area contributed by atoms with Crippen LogP contribution >= 0.6 is 11.3 Å². The minimum absolute atomic E-state index is 0.476. The predicted octanol–water partition coefficient (Wildman–Crippen LogP) is 0.337. The van der Waals surface area contributed by atoms with Crippen LogP contribution in [0.15, 0.2) is 17.5 Å². The van der Waals surface area contributed by atoms with Crippen LogP contribution in [0.3, 0.4) is 0 Å². The molecule has 1 aromatic rings. The first-order valence-electron chi connectivity index (χ1n) is 4.34. The Hall–Kier alpha value is -1.40. The third-order valence-electron chi connectivity index (χ3n) is 1.77. The normalized spacial score (nSPS) is 14.3. The van der Waals surface area contributed by atoms with Crippen molar-refractivity contribution in [2.24, 2.45) is 5.73 Å². The molecule has 0 fully saturated rings. The van der Waals surface area contributed by atoms with E-state index in [1.54, 1.807) is 17.5 Å². The lowest BCUT2D eigenvalue weighted by atomic mass is 10.2. The number of carbonyl (C=O) groups excluding carboxylic acids is 1. The van der Waals surface area contributed by atoms with Crippen LogP contribution in [0.2, 0.25) is 0 Å². The Morgan fingerprint density at radius 2 is 2.27 bits per heavy atom. The Kier molecular flexibility index (Phi) is 3.81. The van der Waals surface area contributed by atoms with Crippen molar-refractivity contribution in [3.8, 4) is 0 Å². The summed E-state index contributed by atoms with van der Waals surface area (Å²) in [7, 11) is 0. The van der Waals surface area contributed by atoms with Crippen molar-refractivity contribution in [1.29, 1.82) is 0 Å². The van der Waals surface area contributed by atoms with E-state index in [9.17, 15) is 9.59 Å². The largest absolute Gasteiger partial charge is 0.479 e. The van der Waals surface area contributed by atoms with Crippen molar-refractivity contribution in [2.45, 2.75) is 19.0 Å². The first-order valence-corrected chi connectivity index (χ1v) is 5.22. The SMILES string of the molecule is C[C@H](N)C(=O)NC(C(=O)O)c1cccs1. The van der Waals surface area contributed by atoms with Crippen LogP contribution in [-0.4, -0.2) is 23.0 Å². The second-order valence-corrected chi connectivity index (χ2v) is 4.06. The molecule has 0 aliphatic heterocycles. The van der Waals surface area contributed by atoms with Gasteiger partial charge in [-0.1, -0.05) is 6.07 Å². The zero-order chi connectivity index (χ0) is 11.4. The summed E-state index contributed by atoms with van der Waals surface area (Å²) >= 11 is 1.28. The van der Waals surface area contributed by atoms with E-state index in [1.165, 1.54) is 18.3 Å². The van der Waals surface area contributed by atoms with Gasteiger partial charge >= 0.3 is 5.97 Å². The number of carboxylic acids is 1. The van der Waals surface area contributed by atoms with Crippen LogP contribution in [-0.2, 0) is 9.59 Å². The van der Waals surface area contributed by atoms with E-state index in [4.69, 9.17) is 10.8 Å². The molecule has 0 aromatic carbocycles. The second-order valence-electron chi connectivity index (χ2n) is 3.08. The number of hydrogen-bond donors (Lipinski definition) is 3. The molecule has 1 amide bonds. The number of hydrogen-bond acceptors (Lipinski definition) is 4. The van der Waals surface area contributed by atoms with E-state index in [1.807, 2.05) is 0 Å². The molecule has 1 aromatic heterocycles. The van der Waals surface area contributed by atoms with E-state index in [0.29, 0.717) is 4.88 Å². The molecule has 0 spiro atoms. The first-order chi connectivity index (χ1) is 7.02. The molecule has 1 heterocycles. The highest BCUT2D eigenvalue weighted by Crippen LogP contribution is 2.19. The van der Waals surface area contributed by atoms with Crippen LogP contribution in [0.1, 0.15) is 17.8 Å². The van der Waals surface area contributed by atoms with Gasteiger partial charge in [0.25, 0.3) is 0 Å². The zero-order valence-corrected chi connectivity index (χ0v) is 8.95. The summed E-state index contributed by atoms with van der Waals surface area (Å²) in [6, 6.07) is 1.66. The number of aliphatic carboxylic acids is 1. The van der Waals surface area contributed by atoms with Gasteiger partial charge in [-0.15, -0.1) is 11.3 Å². The molecule has 4 N–H and O–H groups in total. The molecule has 82 valence electrons. The molecular formula is C9H12N2O3S. The molecule has 0 saturated carbocycles. The minimum atomic E-state index is -1.09. The summed E-state index contributed by atoms with van der Waals surface area (Å²) in [5.41, 5.74) is 5.34. The fourth-order valence-corrected chi connectivity index (χ4v) is 1.75. The summed E-state index contributed by atoms with van der Waals surface area (Å²) in [5, 5.41) is 13.0. The van der Waals surface area contributed by atoms with Crippen molar-refractivity contribution in [3.05, 3.63) is 22.4 Å². The summed E-state index contributed by atoms with van der Waals surface area (Å²) in [5.74, 6) is -1.57. The standard InChI is InChI=1S/C9H12N2O3S/c1-5(10)8(12)11-7(9(13)14)6-3-2-4-15-6/h2-5,7H,10H2,1H3,(H,11,12)(H,13,14)/t5-,7?/m0/s1. The van der Waals surface area contributed by atoms with Crippen LogP contribution < -0.4 is 11.1 Å². The van der Waals surface area contributed by atoms with Crippen molar-refractivity contribution < 1.29 is 14.7 Å². The number of nitrogens with one attached hydrogen (secondary N) is 1. The topological polar surface area (TPSA) is 92.4 Å². The average Bonchev–Trinajstić information content (AvgIpc) is 2.65. The summed E-state index contributed by atoms with van der Waals surface area (Å²) in [4.78, 5) is 22.7. The van der Waals surface area contributed by atoms with Crippen molar-refractivity contribution in [2.75, 3.05) is 0 Å². The van der Waals surface area contributed by atoms with Crippen molar-refractivity contribution in [3.63, 3.8) is 0 Å². The van der Waals surface area contributed by atoms with Gasteiger partial charge in [-0.2, -0.15) is 0 Å². The van der Waals surface area contributed by atoms with Crippen molar-refractivity contribution >= 4 is 23.2 Å². The Labute approximate surface area is 90.9 Å². The second kappa shape index (κ2) is 4.90. The number of rotatable bonds is 4. The number of carboxylic acid groups (broad SMARTS) is 1. The maximum Gasteiger partial charge on any atom is 0.331 e. The lowest BCUT2D eigenvalue weighted by molar-refractivity contribution is -0.142. The van der Waals surface area contributed by atoms with Gasteiger partial charge in [0, 0.05) is 4.88 Å². The van der Waals surface area contributed by atoms with Gasteiger partial charge in [-0.05, 0) is 18.4 Å². The molecule has 6 heteroatoms. The number of carbonyl (C=O) groups is 2. The molecule has 15 heavy (non-hydrogen) atoms. The van der Waals surface area contributed by atoms with Gasteiger partial charge in [0.05, 0.1) is 6.04 Å². The monoisotopic (exact) mass is 228 g/mol. The van der Waals surface area contributed by atoms with Crippen LogP contribution in [0.4, 0.5) is 0 Å². The molecule has 0 aliphatic carbocycles. The maximum atomic E-state index is 11.3. The van der Waals surface area contributed by atoms with Gasteiger partial charge in [0.1, 0.15) is 0 Å². The number of amides is 1. The molecule has 5 nitrogen and oxygen atoms in total. The molecule has 0 radical (unpaired) electrons. The molecule has 0 bridgehead atoms.